The molecule has 0 N–H and O–H groups in total. The first kappa shape index (κ1) is 14.4. The molecule has 88 valence electrons. The van der Waals surface area contributed by atoms with E-state index in [0.717, 1.165) is 6.67 Å². The zero-order valence-corrected chi connectivity index (χ0v) is 10.5. The molecule has 0 saturated heterocycles. The van der Waals surface area contributed by atoms with Crippen molar-refractivity contribution in [3.63, 3.8) is 0 Å². The lowest BCUT2D eigenvalue weighted by atomic mass is 10.1. The van der Waals surface area contributed by atoms with Crippen LogP contribution >= 0.6 is 12.4 Å². The van der Waals surface area contributed by atoms with Gasteiger partial charge in [-0.1, -0.05) is 39.2 Å². The van der Waals surface area contributed by atoms with E-state index in [1.54, 1.807) is 0 Å². The third-order valence-corrected chi connectivity index (χ3v) is 2.60. The number of unbranched alkanes of at least 4 members (excludes halogenated alkanes) is 4. The predicted octanol–water partition coefficient (Wildman–Crippen LogP) is 3.57. The molecule has 0 aliphatic carbocycles. The van der Waals surface area contributed by atoms with Crippen LogP contribution < -0.4 is 0 Å². The molecule has 3 heteroatoms. The lowest BCUT2D eigenvalue weighted by molar-refractivity contribution is 0.307. The Morgan fingerprint density at radius 2 is 1.93 bits per heavy atom. The van der Waals surface area contributed by atoms with E-state index >= 15 is 0 Å². The molecular weight excluding hydrogens is 208 g/mol. The Morgan fingerprint density at radius 1 is 1.20 bits per heavy atom. The van der Waals surface area contributed by atoms with E-state index in [2.05, 4.69) is 35.7 Å². The van der Waals surface area contributed by atoms with E-state index in [0.29, 0.717) is 0 Å². The van der Waals surface area contributed by atoms with Gasteiger partial charge in [0.05, 0.1) is 6.67 Å². The van der Waals surface area contributed by atoms with Gasteiger partial charge in [0, 0.05) is 18.9 Å². The first-order chi connectivity index (χ1) is 6.86. The van der Waals surface area contributed by atoms with Crippen LogP contribution in [-0.2, 0) is 0 Å². The second-order valence-electron chi connectivity index (χ2n) is 3.86. The standard InChI is InChI=1S/C12H22N2.ClH/c1-3-5-6-7-8-9-14-11-10-13(4-2)12-14;/h4,10-11H,2-3,5-9,12H2,1H3;1H. The van der Waals surface area contributed by atoms with Crippen molar-refractivity contribution >= 4 is 12.4 Å². The van der Waals surface area contributed by atoms with Crippen molar-refractivity contribution in [3.05, 3.63) is 25.2 Å². The fourth-order valence-electron chi connectivity index (χ4n) is 1.67. The first-order valence-electron chi connectivity index (χ1n) is 5.67. The molecule has 0 spiro atoms. The molecule has 0 amide bonds. The van der Waals surface area contributed by atoms with Gasteiger partial charge in [0.2, 0.25) is 0 Å². The fraction of sp³-hybridized carbons (Fsp3) is 0.667. The molecule has 1 heterocycles. The zero-order chi connectivity index (χ0) is 10.2. The average molecular weight is 231 g/mol. The molecule has 0 unspecified atom stereocenters. The maximum Gasteiger partial charge on any atom is 0.0935 e. The van der Waals surface area contributed by atoms with Gasteiger partial charge < -0.3 is 9.80 Å². The van der Waals surface area contributed by atoms with Crippen LogP contribution in [0.5, 0.6) is 0 Å². The molecule has 0 fully saturated rings. The highest BCUT2D eigenvalue weighted by Crippen LogP contribution is 2.09. The van der Waals surface area contributed by atoms with Crippen LogP contribution in [0.15, 0.2) is 25.2 Å². The van der Waals surface area contributed by atoms with Crippen molar-refractivity contribution in [2.75, 3.05) is 13.2 Å². The quantitative estimate of drug-likeness (QED) is 0.617. The SMILES string of the molecule is C=CN1C=CN(CCCCCCC)C1.Cl. The van der Waals surface area contributed by atoms with Gasteiger partial charge in [0.25, 0.3) is 0 Å². The largest absolute Gasteiger partial charge is 0.358 e. The Kier molecular flexibility index (Phi) is 8.30. The van der Waals surface area contributed by atoms with Gasteiger partial charge in [-0.15, -0.1) is 12.4 Å². The van der Waals surface area contributed by atoms with E-state index in [4.69, 9.17) is 0 Å². The lowest BCUT2D eigenvalue weighted by Gasteiger charge is -2.18. The molecule has 1 aliphatic rings. The maximum absolute atomic E-state index is 3.75. The van der Waals surface area contributed by atoms with Crippen LogP contribution in [0, 0.1) is 0 Å². The summed E-state index contributed by atoms with van der Waals surface area (Å²) >= 11 is 0. The summed E-state index contributed by atoms with van der Waals surface area (Å²) in [4.78, 5) is 4.44. The van der Waals surface area contributed by atoms with Crippen LogP contribution in [0.3, 0.4) is 0 Å². The van der Waals surface area contributed by atoms with Gasteiger partial charge in [0.1, 0.15) is 0 Å². The molecule has 1 rings (SSSR count). The van der Waals surface area contributed by atoms with Crippen LogP contribution in [0.4, 0.5) is 0 Å². The summed E-state index contributed by atoms with van der Waals surface area (Å²) in [5.41, 5.74) is 0. The smallest absolute Gasteiger partial charge is 0.0935 e. The lowest BCUT2D eigenvalue weighted by Crippen LogP contribution is -2.22. The second-order valence-corrected chi connectivity index (χ2v) is 3.86. The third kappa shape index (κ3) is 5.73. The zero-order valence-electron chi connectivity index (χ0n) is 9.69. The van der Waals surface area contributed by atoms with Crippen LogP contribution in [-0.4, -0.2) is 23.0 Å². The van der Waals surface area contributed by atoms with Gasteiger partial charge >= 0.3 is 0 Å². The van der Waals surface area contributed by atoms with E-state index in [9.17, 15) is 0 Å². The van der Waals surface area contributed by atoms with E-state index < -0.39 is 0 Å². The van der Waals surface area contributed by atoms with Crippen molar-refractivity contribution in [3.8, 4) is 0 Å². The van der Waals surface area contributed by atoms with Gasteiger partial charge in [-0.3, -0.25) is 0 Å². The normalized spacial score (nSPS) is 14.2. The van der Waals surface area contributed by atoms with E-state index in [1.807, 2.05) is 6.20 Å². The highest BCUT2D eigenvalue weighted by atomic mass is 35.5. The summed E-state index contributed by atoms with van der Waals surface area (Å²) in [5.74, 6) is 0. The molecule has 0 saturated carbocycles. The maximum atomic E-state index is 3.75. The fourth-order valence-corrected chi connectivity index (χ4v) is 1.67. The van der Waals surface area contributed by atoms with Crippen molar-refractivity contribution in [1.82, 2.24) is 9.80 Å². The summed E-state index contributed by atoms with van der Waals surface area (Å²) < 4.78 is 0. The van der Waals surface area contributed by atoms with Crippen LogP contribution in [0.2, 0.25) is 0 Å². The molecule has 0 atom stereocenters. The third-order valence-electron chi connectivity index (χ3n) is 2.60. The summed E-state index contributed by atoms with van der Waals surface area (Å²) in [6.07, 6.45) is 12.9. The highest BCUT2D eigenvalue weighted by Gasteiger charge is 2.07. The number of nitrogens with zero attached hydrogens (tertiary/aromatic N) is 2. The molecule has 0 aromatic rings. The van der Waals surface area contributed by atoms with Crippen molar-refractivity contribution in [2.45, 2.75) is 39.0 Å². The van der Waals surface area contributed by atoms with E-state index in [1.165, 1.54) is 38.6 Å². The predicted molar refractivity (Wildman–Crippen MR) is 68.8 cm³/mol. The summed E-state index contributed by atoms with van der Waals surface area (Å²) in [6, 6.07) is 0. The highest BCUT2D eigenvalue weighted by molar-refractivity contribution is 5.85. The average Bonchev–Trinajstić information content (AvgIpc) is 2.65. The Morgan fingerprint density at radius 3 is 2.53 bits per heavy atom. The number of hydrogen-bond acceptors (Lipinski definition) is 2. The minimum absolute atomic E-state index is 0. The summed E-state index contributed by atoms with van der Waals surface area (Å²) in [6.45, 7) is 8.17. The summed E-state index contributed by atoms with van der Waals surface area (Å²) in [7, 11) is 0. The van der Waals surface area contributed by atoms with Gasteiger partial charge in [-0.05, 0) is 12.6 Å². The molecule has 0 radical (unpaired) electrons. The first-order valence-corrected chi connectivity index (χ1v) is 5.67. The van der Waals surface area contributed by atoms with Gasteiger partial charge in [-0.2, -0.15) is 0 Å². The Balaban J connectivity index is 0.00000196. The number of halogens is 1. The summed E-state index contributed by atoms with van der Waals surface area (Å²) in [5, 5.41) is 0. The van der Waals surface area contributed by atoms with Crippen LogP contribution in [0.25, 0.3) is 0 Å². The van der Waals surface area contributed by atoms with Crippen LogP contribution in [0.1, 0.15) is 39.0 Å². The molecule has 0 aromatic carbocycles. The van der Waals surface area contributed by atoms with Crippen molar-refractivity contribution < 1.29 is 0 Å². The number of rotatable bonds is 7. The van der Waals surface area contributed by atoms with Gasteiger partial charge in [-0.25, -0.2) is 0 Å². The van der Waals surface area contributed by atoms with Gasteiger partial charge in [0.15, 0.2) is 0 Å². The van der Waals surface area contributed by atoms with E-state index in [-0.39, 0.29) is 12.4 Å². The van der Waals surface area contributed by atoms with Crippen molar-refractivity contribution in [2.24, 2.45) is 0 Å². The monoisotopic (exact) mass is 230 g/mol. The second kappa shape index (κ2) is 8.66. The molecule has 15 heavy (non-hydrogen) atoms. The minimum Gasteiger partial charge on any atom is -0.358 e. The van der Waals surface area contributed by atoms with Crippen molar-refractivity contribution in [1.29, 1.82) is 0 Å². The molecule has 1 aliphatic heterocycles. The Bertz CT molecular complexity index is 192. The molecular formula is C12H23ClN2. The molecule has 2 nitrogen and oxygen atoms in total. The Labute approximate surface area is 100 Å². The minimum atomic E-state index is 0. The molecule has 0 bridgehead atoms. The Hall–Kier alpha value is -0.630. The molecule has 0 aromatic heterocycles. The topological polar surface area (TPSA) is 6.48 Å². The number of hydrogen-bond donors (Lipinski definition) is 0.